The number of halogens is 2. The van der Waals surface area contributed by atoms with Crippen molar-refractivity contribution in [2.45, 2.75) is 6.92 Å². The zero-order chi connectivity index (χ0) is 15.4. The number of carbonyl (C=O) groups excluding carboxylic acids is 1. The van der Waals surface area contributed by atoms with Crippen molar-refractivity contribution in [1.82, 2.24) is 5.43 Å². The number of amides is 1. The summed E-state index contributed by atoms with van der Waals surface area (Å²) in [6, 6.07) is 10.3. The van der Waals surface area contributed by atoms with Gasteiger partial charge in [0.25, 0.3) is 5.91 Å². The highest BCUT2D eigenvalue weighted by molar-refractivity contribution is 6.36. The molecule has 0 bridgehead atoms. The van der Waals surface area contributed by atoms with Gasteiger partial charge < -0.3 is 5.11 Å². The quantitative estimate of drug-likeness (QED) is 0.667. The van der Waals surface area contributed by atoms with Gasteiger partial charge in [-0.2, -0.15) is 5.10 Å². The number of benzene rings is 2. The van der Waals surface area contributed by atoms with Gasteiger partial charge in [-0.05, 0) is 24.6 Å². The van der Waals surface area contributed by atoms with E-state index in [9.17, 15) is 9.90 Å². The number of rotatable bonds is 3. The van der Waals surface area contributed by atoms with Crippen molar-refractivity contribution in [3.8, 4) is 5.75 Å². The van der Waals surface area contributed by atoms with Crippen LogP contribution in [0.25, 0.3) is 0 Å². The second-order valence-electron chi connectivity index (χ2n) is 4.39. The molecule has 4 nitrogen and oxygen atoms in total. The number of aromatic hydroxyl groups is 1. The Labute approximate surface area is 132 Å². The lowest BCUT2D eigenvalue weighted by molar-refractivity contribution is 0.0952. The fourth-order valence-corrected chi connectivity index (χ4v) is 2.11. The van der Waals surface area contributed by atoms with Gasteiger partial charge in [-0.15, -0.1) is 0 Å². The predicted molar refractivity (Wildman–Crippen MR) is 84.4 cm³/mol. The van der Waals surface area contributed by atoms with Crippen LogP contribution in [-0.2, 0) is 0 Å². The van der Waals surface area contributed by atoms with Crippen LogP contribution in [0.1, 0.15) is 21.5 Å². The highest BCUT2D eigenvalue weighted by Crippen LogP contribution is 2.30. The molecule has 0 spiro atoms. The van der Waals surface area contributed by atoms with E-state index in [1.807, 2.05) is 31.2 Å². The summed E-state index contributed by atoms with van der Waals surface area (Å²) in [4.78, 5) is 11.9. The van der Waals surface area contributed by atoms with Crippen LogP contribution in [0.2, 0.25) is 10.0 Å². The topological polar surface area (TPSA) is 61.7 Å². The number of hydrogen-bond acceptors (Lipinski definition) is 3. The molecule has 0 heterocycles. The molecule has 0 unspecified atom stereocenters. The molecule has 1 amide bonds. The molecule has 2 aromatic carbocycles. The smallest absolute Gasteiger partial charge is 0.275 e. The third-order valence-electron chi connectivity index (χ3n) is 2.73. The summed E-state index contributed by atoms with van der Waals surface area (Å²) in [5.41, 5.74) is 4.25. The Kier molecular flexibility index (Phi) is 4.83. The Hall–Kier alpha value is -2.04. The molecular weight excluding hydrogens is 311 g/mol. The van der Waals surface area contributed by atoms with Crippen LogP contribution >= 0.6 is 23.2 Å². The summed E-state index contributed by atoms with van der Waals surface area (Å²) >= 11 is 11.6. The lowest BCUT2D eigenvalue weighted by Crippen LogP contribution is -2.17. The number of phenolic OH excluding ortho intramolecular Hbond substituents is 1. The molecule has 2 rings (SSSR count). The van der Waals surface area contributed by atoms with Crippen molar-refractivity contribution in [2.24, 2.45) is 5.10 Å². The van der Waals surface area contributed by atoms with Gasteiger partial charge in [0, 0.05) is 5.02 Å². The zero-order valence-electron chi connectivity index (χ0n) is 11.1. The minimum atomic E-state index is -0.597. The van der Waals surface area contributed by atoms with Crippen molar-refractivity contribution in [3.63, 3.8) is 0 Å². The van der Waals surface area contributed by atoms with Crippen LogP contribution in [0.15, 0.2) is 41.5 Å². The lowest BCUT2D eigenvalue weighted by atomic mass is 10.2. The largest absolute Gasteiger partial charge is 0.506 e. The van der Waals surface area contributed by atoms with Crippen molar-refractivity contribution in [1.29, 1.82) is 0 Å². The first-order valence-corrected chi connectivity index (χ1v) is 6.81. The Morgan fingerprint density at radius 2 is 1.90 bits per heavy atom. The molecule has 0 saturated carbocycles. The van der Waals surface area contributed by atoms with E-state index in [4.69, 9.17) is 23.2 Å². The first-order chi connectivity index (χ1) is 9.97. The van der Waals surface area contributed by atoms with Gasteiger partial charge >= 0.3 is 0 Å². The Bertz CT molecular complexity index is 698. The van der Waals surface area contributed by atoms with Gasteiger partial charge in [0.15, 0.2) is 0 Å². The molecule has 0 saturated heterocycles. The fourth-order valence-electron chi connectivity index (χ4n) is 1.62. The SMILES string of the molecule is Cc1ccc(/C=N/NC(=O)c2cc(Cl)cc(Cl)c2O)cc1. The Morgan fingerprint density at radius 3 is 2.57 bits per heavy atom. The molecule has 108 valence electrons. The maximum Gasteiger partial charge on any atom is 0.275 e. The van der Waals surface area contributed by atoms with Crippen LogP contribution in [0.3, 0.4) is 0 Å². The summed E-state index contributed by atoms with van der Waals surface area (Å²) in [6.45, 7) is 1.98. The maximum absolute atomic E-state index is 11.9. The third-order valence-corrected chi connectivity index (χ3v) is 3.24. The molecule has 0 radical (unpaired) electrons. The summed E-state index contributed by atoms with van der Waals surface area (Å²) in [6.07, 6.45) is 1.50. The number of hydrazone groups is 1. The Balaban J connectivity index is 2.10. The summed E-state index contributed by atoms with van der Waals surface area (Å²) in [7, 11) is 0. The monoisotopic (exact) mass is 322 g/mol. The van der Waals surface area contributed by atoms with Crippen LogP contribution in [0.4, 0.5) is 0 Å². The molecule has 0 fully saturated rings. The Morgan fingerprint density at radius 1 is 1.24 bits per heavy atom. The number of nitrogens with zero attached hydrogens (tertiary/aromatic N) is 1. The van der Waals surface area contributed by atoms with Crippen LogP contribution in [-0.4, -0.2) is 17.2 Å². The maximum atomic E-state index is 11.9. The first-order valence-electron chi connectivity index (χ1n) is 6.05. The highest BCUT2D eigenvalue weighted by Gasteiger charge is 2.14. The van der Waals surface area contributed by atoms with Gasteiger partial charge in [-0.1, -0.05) is 53.0 Å². The van der Waals surface area contributed by atoms with E-state index in [0.29, 0.717) is 0 Å². The third kappa shape index (κ3) is 3.97. The number of nitrogens with one attached hydrogen (secondary N) is 1. The van der Waals surface area contributed by atoms with E-state index >= 15 is 0 Å². The minimum Gasteiger partial charge on any atom is -0.506 e. The number of hydrogen-bond donors (Lipinski definition) is 2. The molecule has 0 aromatic heterocycles. The van der Waals surface area contributed by atoms with Crippen LogP contribution in [0.5, 0.6) is 5.75 Å². The van der Waals surface area contributed by atoms with Crippen LogP contribution < -0.4 is 5.43 Å². The summed E-state index contributed by atoms with van der Waals surface area (Å²) in [5.74, 6) is -0.927. The standard InChI is InChI=1S/C15H12Cl2N2O2/c1-9-2-4-10(5-3-9)8-18-19-15(21)12-6-11(16)7-13(17)14(12)20/h2-8,20H,1H3,(H,19,21)/b18-8+. The van der Waals surface area contributed by atoms with Gasteiger partial charge in [0.05, 0.1) is 16.8 Å². The average Bonchev–Trinajstić information content (AvgIpc) is 2.44. The van der Waals surface area contributed by atoms with Crippen molar-refractivity contribution >= 4 is 35.3 Å². The lowest BCUT2D eigenvalue weighted by Gasteiger charge is -2.05. The second-order valence-corrected chi connectivity index (χ2v) is 5.24. The van der Waals surface area contributed by atoms with E-state index in [2.05, 4.69) is 10.5 Å². The van der Waals surface area contributed by atoms with Crippen molar-refractivity contribution < 1.29 is 9.90 Å². The van der Waals surface area contributed by atoms with E-state index < -0.39 is 5.91 Å². The summed E-state index contributed by atoms with van der Waals surface area (Å²) in [5, 5.41) is 13.8. The molecular formula is C15H12Cl2N2O2. The molecule has 0 aliphatic heterocycles. The normalized spacial score (nSPS) is 10.8. The summed E-state index contributed by atoms with van der Waals surface area (Å²) < 4.78 is 0. The second kappa shape index (κ2) is 6.61. The van der Waals surface area contributed by atoms with Gasteiger partial charge in [0.1, 0.15) is 5.75 Å². The minimum absolute atomic E-state index is 0.00941. The fraction of sp³-hybridized carbons (Fsp3) is 0.0667. The van der Waals surface area contributed by atoms with E-state index in [1.54, 1.807) is 0 Å². The molecule has 21 heavy (non-hydrogen) atoms. The van der Waals surface area contributed by atoms with Gasteiger partial charge in [-0.3, -0.25) is 4.79 Å². The molecule has 2 N–H and O–H groups in total. The zero-order valence-corrected chi connectivity index (χ0v) is 12.6. The number of phenols is 1. The number of carbonyl (C=O) groups is 1. The molecule has 0 aliphatic carbocycles. The predicted octanol–water partition coefficient (Wildman–Crippen LogP) is 3.77. The van der Waals surface area contributed by atoms with E-state index in [-0.39, 0.29) is 21.4 Å². The average molecular weight is 323 g/mol. The van der Waals surface area contributed by atoms with E-state index in [1.165, 1.54) is 18.3 Å². The van der Waals surface area contributed by atoms with Gasteiger partial charge in [0.2, 0.25) is 0 Å². The van der Waals surface area contributed by atoms with E-state index in [0.717, 1.165) is 11.1 Å². The molecule has 6 heteroatoms. The van der Waals surface area contributed by atoms with Gasteiger partial charge in [-0.25, -0.2) is 5.43 Å². The molecule has 0 atom stereocenters. The van der Waals surface area contributed by atoms with Crippen molar-refractivity contribution in [2.75, 3.05) is 0 Å². The molecule has 2 aromatic rings. The highest BCUT2D eigenvalue weighted by atomic mass is 35.5. The first kappa shape index (κ1) is 15.4. The van der Waals surface area contributed by atoms with Crippen LogP contribution in [0, 0.1) is 6.92 Å². The number of aryl methyl sites for hydroxylation is 1. The molecule has 0 aliphatic rings. The van der Waals surface area contributed by atoms with Crippen molar-refractivity contribution in [3.05, 3.63) is 63.1 Å².